The molecule has 0 amide bonds. The van der Waals surface area contributed by atoms with Crippen LogP contribution in [0.3, 0.4) is 0 Å². The van der Waals surface area contributed by atoms with Gasteiger partial charge >= 0.3 is 0 Å². The van der Waals surface area contributed by atoms with Crippen molar-refractivity contribution in [2.45, 2.75) is 26.8 Å². The highest BCUT2D eigenvalue weighted by Gasteiger charge is 2.19. The minimum atomic E-state index is -2.38. The smallest absolute Gasteiger partial charge is 0.225 e. The minimum Gasteiger partial charge on any atom is -0.332 e. The molecule has 20 heavy (non-hydrogen) atoms. The molecule has 1 aromatic rings. The van der Waals surface area contributed by atoms with E-state index in [-0.39, 0.29) is 6.04 Å². The van der Waals surface area contributed by atoms with E-state index in [0.29, 0.717) is 16.7 Å². The lowest BCUT2D eigenvalue weighted by molar-refractivity contribution is 0.364. The average Bonchev–Trinajstić information content (AvgIpc) is 2.26. The van der Waals surface area contributed by atoms with E-state index < -0.39 is 6.57 Å². The summed E-state index contributed by atoms with van der Waals surface area (Å²) in [5.74, 6) is 0. The molecule has 0 aliphatic carbocycles. The molecule has 112 valence electrons. The second-order valence-corrected chi connectivity index (χ2v) is 8.56. The second-order valence-electron chi connectivity index (χ2n) is 4.33. The van der Waals surface area contributed by atoms with Crippen molar-refractivity contribution in [2.24, 2.45) is 0 Å². The van der Waals surface area contributed by atoms with Crippen molar-refractivity contribution >= 4 is 53.0 Å². The summed E-state index contributed by atoms with van der Waals surface area (Å²) in [6.45, 7) is 4.05. The van der Waals surface area contributed by atoms with Gasteiger partial charge in [-0.05, 0) is 63.0 Å². The zero-order valence-electron chi connectivity index (χ0n) is 11.6. The van der Waals surface area contributed by atoms with E-state index >= 15 is 0 Å². The summed E-state index contributed by atoms with van der Waals surface area (Å²) >= 11 is 16.7. The summed E-state index contributed by atoms with van der Waals surface area (Å²) < 4.78 is 5.62. The molecule has 0 bridgehead atoms. The highest BCUT2D eigenvalue weighted by Crippen LogP contribution is 2.38. The Labute approximate surface area is 135 Å². The van der Waals surface area contributed by atoms with Gasteiger partial charge in [0.2, 0.25) is 6.57 Å². The summed E-state index contributed by atoms with van der Waals surface area (Å²) in [5.41, 5.74) is 0.803. The minimum absolute atomic E-state index is 0.203. The van der Waals surface area contributed by atoms with E-state index in [4.69, 9.17) is 40.1 Å². The predicted octanol–water partition coefficient (Wildman–Crippen LogP) is 3.89. The number of halogens is 1. The van der Waals surface area contributed by atoms with Crippen molar-refractivity contribution in [2.75, 3.05) is 11.9 Å². The molecule has 3 N–H and O–H groups in total. The van der Waals surface area contributed by atoms with Crippen molar-refractivity contribution in [3.05, 3.63) is 29.3 Å². The lowest BCUT2D eigenvalue weighted by Crippen LogP contribution is -2.34. The Kier molecular flexibility index (Phi) is 7.37. The monoisotopic (exact) mass is 351 g/mol. The maximum Gasteiger partial charge on any atom is 0.225 e. The standard InChI is InChI=1S/C12H19ClN3OPS2/c1-4-17-18(20,15-9(2)3)16-12(19)14-11-7-5-6-10(13)8-11/h5-9H,4H2,1-3H3,(H3,14,15,16,19,20). The van der Waals surface area contributed by atoms with Crippen LogP contribution in [0, 0.1) is 0 Å². The molecule has 0 spiro atoms. The lowest BCUT2D eigenvalue weighted by atomic mass is 10.3. The number of anilines is 1. The zero-order valence-corrected chi connectivity index (χ0v) is 14.9. The first-order valence-corrected chi connectivity index (χ1v) is 9.72. The Morgan fingerprint density at radius 2 is 2.15 bits per heavy atom. The first-order valence-electron chi connectivity index (χ1n) is 6.22. The fraction of sp³-hybridized carbons (Fsp3) is 0.417. The average molecular weight is 352 g/mol. The van der Waals surface area contributed by atoms with Crippen molar-refractivity contribution < 1.29 is 4.52 Å². The maximum absolute atomic E-state index is 5.93. The quantitative estimate of drug-likeness (QED) is 0.534. The Morgan fingerprint density at radius 3 is 2.70 bits per heavy atom. The van der Waals surface area contributed by atoms with Crippen molar-refractivity contribution in [1.29, 1.82) is 0 Å². The highest BCUT2D eigenvalue weighted by molar-refractivity contribution is 8.10. The van der Waals surface area contributed by atoms with E-state index in [0.717, 1.165) is 5.69 Å². The van der Waals surface area contributed by atoms with Gasteiger partial charge in [-0.25, -0.2) is 5.09 Å². The van der Waals surface area contributed by atoms with Gasteiger partial charge < -0.3 is 14.9 Å². The van der Waals surface area contributed by atoms with E-state index in [1.807, 2.05) is 32.9 Å². The molecule has 8 heteroatoms. The molecule has 1 rings (SSSR count). The van der Waals surface area contributed by atoms with E-state index in [2.05, 4.69) is 15.5 Å². The fourth-order valence-electron chi connectivity index (χ4n) is 1.48. The highest BCUT2D eigenvalue weighted by atomic mass is 35.5. The molecule has 0 saturated carbocycles. The summed E-state index contributed by atoms with van der Waals surface area (Å²) in [7, 11) is 0. The van der Waals surface area contributed by atoms with Crippen molar-refractivity contribution in [1.82, 2.24) is 10.2 Å². The van der Waals surface area contributed by atoms with Gasteiger partial charge in [-0.2, -0.15) is 0 Å². The van der Waals surface area contributed by atoms with Crippen LogP contribution in [0.4, 0.5) is 5.69 Å². The predicted molar refractivity (Wildman–Crippen MR) is 95.0 cm³/mol. The van der Waals surface area contributed by atoms with Crippen LogP contribution in [0.1, 0.15) is 20.8 Å². The Morgan fingerprint density at radius 1 is 1.45 bits per heavy atom. The number of nitrogens with one attached hydrogen (secondary N) is 3. The van der Waals surface area contributed by atoms with Crippen LogP contribution in [0.25, 0.3) is 0 Å². The van der Waals surface area contributed by atoms with E-state index in [9.17, 15) is 0 Å². The number of hydrogen-bond donors (Lipinski definition) is 3. The van der Waals surface area contributed by atoms with Gasteiger partial charge in [0.1, 0.15) is 0 Å². The van der Waals surface area contributed by atoms with Gasteiger partial charge in [-0.15, -0.1) is 0 Å². The molecular formula is C12H19ClN3OPS2. The molecule has 0 aliphatic rings. The third-order valence-corrected chi connectivity index (χ3v) is 5.56. The van der Waals surface area contributed by atoms with Crippen LogP contribution in [0.2, 0.25) is 5.02 Å². The normalized spacial score (nSPS) is 13.8. The van der Waals surface area contributed by atoms with Crippen LogP contribution in [0.5, 0.6) is 0 Å². The SMILES string of the molecule is CCOP(=S)(NC(=S)Nc1cccc(Cl)c1)NC(C)C. The molecule has 1 unspecified atom stereocenters. The van der Waals surface area contributed by atoms with Crippen LogP contribution in [-0.2, 0) is 16.3 Å². The third kappa shape index (κ3) is 6.48. The largest absolute Gasteiger partial charge is 0.332 e. The topological polar surface area (TPSA) is 45.3 Å². The summed E-state index contributed by atoms with van der Waals surface area (Å²) in [6.07, 6.45) is 0. The van der Waals surface area contributed by atoms with Crippen LogP contribution in [-0.4, -0.2) is 17.8 Å². The summed E-state index contributed by atoms with van der Waals surface area (Å²) in [5, 5.41) is 10.4. The van der Waals surface area contributed by atoms with Crippen LogP contribution in [0.15, 0.2) is 24.3 Å². The van der Waals surface area contributed by atoms with Crippen molar-refractivity contribution in [3.8, 4) is 0 Å². The number of rotatable bonds is 6. The second kappa shape index (κ2) is 8.27. The van der Waals surface area contributed by atoms with Gasteiger partial charge in [0.15, 0.2) is 5.11 Å². The Hall–Kier alpha value is -0.230. The van der Waals surface area contributed by atoms with Gasteiger partial charge in [0.05, 0.1) is 6.61 Å². The van der Waals surface area contributed by atoms with Gasteiger partial charge in [-0.3, -0.25) is 0 Å². The van der Waals surface area contributed by atoms with Crippen LogP contribution >= 0.6 is 30.4 Å². The fourth-order valence-corrected chi connectivity index (χ4v) is 5.14. The molecule has 0 aliphatic heterocycles. The molecule has 0 heterocycles. The lowest BCUT2D eigenvalue weighted by Gasteiger charge is -2.27. The molecule has 1 aromatic carbocycles. The number of benzene rings is 1. The Balaban J connectivity index is 2.69. The number of hydrogen-bond acceptors (Lipinski definition) is 3. The molecule has 4 nitrogen and oxygen atoms in total. The molecule has 0 saturated heterocycles. The Bertz CT molecular complexity index is 513. The van der Waals surface area contributed by atoms with Crippen LogP contribution < -0.4 is 15.5 Å². The summed E-state index contributed by atoms with van der Waals surface area (Å²) in [4.78, 5) is 0. The molecule has 1 atom stereocenters. The zero-order chi connectivity index (χ0) is 15.2. The molecule has 0 fully saturated rings. The van der Waals surface area contributed by atoms with E-state index in [1.54, 1.807) is 12.1 Å². The third-order valence-electron chi connectivity index (χ3n) is 2.07. The summed E-state index contributed by atoms with van der Waals surface area (Å²) in [6, 6.07) is 7.51. The van der Waals surface area contributed by atoms with Gasteiger partial charge in [-0.1, -0.05) is 17.7 Å². The first kappa shape index (κ1) is 17.8. The molecule has 0 radical (unpaired) electrons. The van der Waals surface area contributed by atoms with Crippen molar-refractivity contribution in [3.63, 3.8) is 0 Å². The first-order chi connectivity index (χ1) is 9.34. The molecular weight excluding hydrogens is 333 g/mol. The maximum atomic E-state index is 5.93. The van der Waals surface area contributed by atoms with E-state index in [1.165, 1.54) is 0 Å². The number of thiocarbonyl (C=S) groups is 1. The van der Waals surface area contributed by atoms with Gasteiger partial charge in [0.25, 0.3) is 0 Å². The molecule has 0 aromatic heterocycles. The van der Waals surface area contributed by atoms with Gasteiger partial charge in [0, 0.05) is 16.8 Å².